The fraction of sp³-hybridized carbons (Fsp3) is 1.00. The standard InChI is InChI=1S/C15H31NO/c1-5-14(13-9-7-6-8-10-13)16-11-12-17-15(2,3)4/h13-14,16H,5-12H2,1-4H3. The minimum Gasteiger partial charge on any atom is -0.375 e. The second-order valence-electron chi connectivity index (χ2n) is 6.33. The van der Waals surface area contributed by atoms with E-state index >= 15 is 0 Å². The van der Waals surface area contributed by atoms with Crippen molar-refractivity contribution >= 4 is 0 Å². The zero-order valence-electron chi connectivity index (χ0n) is 12.2. The van der Waals surface area contributed by atoms with Gasteiger partial charge in [-0.2, -0.15) is 0 Å². The van der Waals surface area contributed by atoms with Crippen LogP contribution < -0.4 is 5.32 Å². The zero-order chi connectivity index (χ0) is 12.7. The molecule has 0 saturated heterocycles. The van der Waals surface area contributed by atoms with E-state index in [0.717, 1.165) is 19.1 Å². The molecular formula is C15H31NO. The Labute approximate surface area is 108 Å². The Kier molecular flexibility index (Phi) is 6.50. The highest BCUT2D eigenvalue weighted by Gasteiger charge is 2.21. The van der Waals surface area contributed by atoms with Gasteiger partial charge < -0.3 is 10.1 Å². The molecule has 2 heteroatoms. The first kappa shape index (κ1) is 15.0. The lowest BCUT2D eigenvalue weighted by atomic mass is 9.83. The van der Waals surface area contributed by atoms with Crippen molar-refractivity contribution in [2.75, 3.05) is 13.2 Å². The number of nitrogens with one attached hydrogen (secondary N) is 1. The highest BCUT2D eigenvalue weighted by atomic mass is 16.5. The van der Waals surface area contributed by atoms with Crippen LogP contribution in [0.25, 0.3) is 0 Å². The Morgan fingerprint density at radius 2 is 1.82 bits per heavy atom. The van der Waals surface area contributed by atoms with E-state index in [0.29, 0.717) is 6.04 Å². The van der Waals surface area contributed by atoms with Gasteiger partial charge >= 0.3 is 0 Å². The van der Waals surface area contributed by atoms with Gasteiger partial charge in [-0.15, -0.1) is 0 Å². The molecule has 0 spiro atoms. The summed E-state index contributed by atoms with van der Waals surface area (Å²) in [6, 6.07) is 0.707. The van der Waals surface area contributed by atoms with Crippen LogP contribution in [0.1, 0.15) is 66.2 Å². The van der Waals surface area contributed by atoms with E-state index in [1.807, 2.05) is 0 Å². The first-order chi connectivity index (χ1) is 8.03. The maximum atomic E-state index is 5.75. The van der Waals surface area contributed by atoms with Gasteiger partial charge in [0, 0.05) is 12.6 Å². The predicted molar refractivity (Wildman–Crippen MR) is 74.4 cm³/mol. The minimum absolute atomic E-state index is 0.00572. The van der Waals surface area contributed by atoms with Crippen LogP contribution >= 0.6 is 0 Å². The van der Waals surface area contributed by atoms with E-state index < -0.39 is 0 Å². The molecule has 0 radical (unpaired) electrons. The van der Waals surface area contributed by atoms with Crippen LogP contribution in [0.2, 0.25) is 0 Å². The molecule has 0 bridgehead atoms. The molecule has 17 heavy (non-hydrogen) atoms. The van der Waals surface area contributed by atoms with Crippen molar-refractivity contribution in [1.82, 2.24) is 5.32 Å². The van der Waals surface area contributed by atoms with E-state index in [2.05, 4.69) is 33.0 Å². The van der Waals surface area contributed by atoms with Crippen LogP contribution in [0.15, 0.2) is 0 Å². The molecule has 1 fully saturated rings. The molecule has 1 unspecified atom stereocenters. The van der Waals surface area contributed by atoms with Crippen LogP contribution in [0, 0.1) is 5.92 Å². The molecular weight excluding hydrogens is 210 g/mol. The maximum Gasteiger partial charge on any atom is 0.0599 e. The largest absolute Gasteiger partial charge is 0.375 e. The molecule has 0 aromatic heterocycles. The smallest absolute Gasteiger partial charge is 0.0599 e. The Morgan fingerprint density at radius 3 is 2.35 bits per heavy atom. The summed E-state index contributed by atoms with van der Waals surface area (Å²) in [4.78, 5) is 0. The molecule has 0 heterocycles. The third kappa shape index (κ3) is 6.42. The molecule has 102 valence electrons. The SMILES string of the molecule is CCC(NCCOC(C)(C)C)C1CCCCC1. The fourth-order valence-electron chi connectivity index (χ4n) is 2.78. The van der Waals surface area contributed by atoms with E-state index in [1.165, 1.54) is 38.5 Å². The molecule has 1 rings (SSSR count). The summed E-state index contributed by atoms with van der Waals surface area (Å²) < 4.78 is 5.75. The Hall–Kier alpha value is -0.0800. The summed E-state index contributed by atoms with van der Waals surface area (Å²) in [6.45, 7) is 10.5. The number of hydrogen-bond donors (Lipinski definition) is 1. The van der Waals surface area contributed by atoms with E-state index in [1.54, 1.807) is 0 Å². The Morgan fingerprint density at radius 1 is 1.18 bits per heavy atom. The van der Waals surface area contributed by atoms with Crippen LogP contribution in [-0.2, 0) is 4.74 Å². The number of ether oxygens (including phenoxy) is 1. The van der Waals surface area contributed by atoms with Crippen LogP contribution in [0.3, 0.4) is 0 Å². The average molecular weight is 241 g/mol. The number of hydrogen-bond acceptors (Lipinski definition) is 2. The third-order valence-electron chi connectivity index (χ3n) is 3.70. The van der Waals surface area contributed by atoms with Crippen molar-refractivity contribution in [1.29, 1.82) is 0 Å². The zero-order valence-corrected chi connectivity index (χ0v) is 12.2. The van der Waals surface area contributed by atoms with Gasteiger partial charge in [0.15, 0.2) is 0 Å². The van der Waals surface area contributed by atoms with Crippen molar-refractivity contribution in [3.8, 4) is 0 Å². The highest BCUT2D eigenvalue weighted by molar-refractivity contribution is 4.78. The Bertz CT molecular complexity index is 192. The molecule has 1 aliphatic carbocycles. The van der Waals surface area contributed by atoms with Gasteiger partial charge in [0.05, 0.1) is 12.2 Å². The van der Waals surface area contributed by atoms with Gasteiger partial charge in [-0.1, -0.05) is 26.2 Å². The summed E-state index contributed by atoms with van der Waals surface area (Å²) in [5.74, 6) is 0.906. The topological polar surface area (TPSA) is 21.3 Å². The number of rotatable bonds is 6. The van der Waals surface area contributed by atoms with Crippen LogP contribution in [0.4, 0.5) is 0 Å². The molecule has 0 aromatic rings. The van der Waals surface area contributed by atoms with Crippen LogP contribution in [0.5, 0.6) is 0 Å². The third-order valence-corrected chi connectivity index (χ3v) is 3.70. The van der Waals surface area contributed by atoms with Gasteiger partial charge in [-0.05, 0) is 46.0 Å². The van der Waals surface area contributed by atoms with Gasteiger partial charge in [-0.3, -0.25) is 0 Å². The lowest BCUT2D eigenvalue weighted by molar-refractivity contribution is -0.00248. The van der Waals surface area contributed by atoms with Crippen molar-refractivity contribution in [2.24, 2.45) is 5.92 Å². The second-order valence-corrected chi connectivity index (χ2v) is 6.33. The predicted octanol–water partition coefficient (Wildman–Crippen LogP) is 3.75. The van der Waals surface area contributed by atoms with E-state index in [-0.39, 0.29) is 5.60 Å². The van der Waals surface area contributed by atoms with Crippen molar-refractivity contribution in [3.63, 3.8) is 0 Å². The van der Waals surface area contributed by atoms with Gasteiger partial charge in [-0.25, -0.2) is 0 Å². The summed E-state index contributed by atoms with van der Waals surface area (Å²) >= 11 is 0. The molecule has 1 aliphatic rings. The fourth-order valence-corrected chi connectivity index (χ4v) is 2.78. The summed E-state index contributed by atoms with van der Waals surface area (Å²) in [7, 11) is 0. The lowest BCUT2D eigenvalue weighted by Gasteiger charge is -2.31. The first-order valence-corrected chi connectivity index (χ1v) is 7.40. The molecule has 1 atom stereocenters. The van der Waals surface area contributed by atoms with Crippen LogP contribution in [-0.4, -0.2) is 24.8 Å². The summed E-state index contributed by atoms with van der Waals surface area (Å²) in [6.07, 6.45) is 8.40. The normalized spacial score (nSPS) is 20.5. The minimum atomic E-state index is -0.00572. The first-order valence-electron chi connectivity index (χ1n) is 7.40. The van der Waals surface area contributed by atoms with Crippen molar-refractivity contribution in [2.45, 2.75) is 77.9 Å². The molecule has 2 nitrogen and oxygen atoms in total. The summed E-state index contributed by atoms with van der Waals surface area (Å²) in [5.41, 5.74) is -0.00572. The van der Waals surface area contributed by atoms with Gasteiger partial charge in [0.2, 0.25) is 0 Å². The quantitative estimate of drug-likeness (QED) is 0.715. The second kappa shape index (κ2) is 7.38. The van der Waals surface area contributed by atoms with Crippen molar-refractivity contribution in [3.05, 3.63) is 0 Å². The molecule has 0 aromatic carbocycles. The van der Waals surface area contributed by atoms with E-state index in [4.69, 9.17) is 4.74 Å². The monoisotopic (exact) mass is 241 g/mol. The lowest BCUT2D eigenvalue weighted by Crippen LogP contribution is -2.39. The Balaban J connectivity index is 2.18. The molecule has 1 N–H and O–H groups in total. The maximum absolute atomic E-state index is 5.75. The average Bonchev–Trinajstić information content (AvgIpc) is 2.29. The highest BCUT2D eigenvalue weighted by Crippen LogP contribution is 2.27. The van der Waals surface area contributed by atoms with Gasteiger partial charge in [0.25, 0.3) is 0 Å². The molecule has 1 saturated carbocycles. The summed E-state index contributed by atoms with van der Waals surface area (Å²) in [5, 5.41) is 3.69. The van der Waals surface area contributed by atoms with Crippen molar-refractivity contribution < 1.29 is 4.74 Å². The van der Waals surface area contributed by atoms with Gasteiger partial charge in [0.1, 0.15) is 0 Å². The molecule has 0 amide bonds. The van der Waals surface area contributed by atoms with E-state index in [9.17, 15) is 0 Å². The molecule has 0 aliphatic heterocycles.